The fourth-order valence-electron chi connectivity index (χ4n) is 3.90. The Kier molecular flexibility index (Phi) is 3.92. The molecule has 0 amide bonds. The zero-order chi connectivity index (χ0) is 19.2. The lowest BCUT2D eigenvalue weighted by Gasteiger charge is -2.23. The highest BCUT2D eigenvalue weighted by Gasteiger charge is 2.38. The topological polar surface area (TPSA) is 49.7 Å². The van der Waals surface area contributed by atoms with Gasteiger partial charge in [0.1, 0.15) is 5.71 Å². The second-order valence-corrected chi connectivity index (χ2v) is 7.33. The molecule has 0 fully saturated rings. The van der Waals surface area contributed by atoms with Crippen LogP contribution in [0.15, 0.2) is 71.0 Å². The number of anilines is 1. The third-order valence-electron chi connectivity index (χ3n) is 5.39. The van der Waals surface area contributed by atoms with Crippen molar-refractivity contribution < 1.29 is 9.59 Å². The van der Waals surface area contributed by atoms with E-state index in [1.807, 2.05) is 43.4 Å². The lowest BCUT2D eigenvalue weighted by molar-refractivity contribution is -0.112. The standard InChI is InChI=1S/C23H20N2O2/c1-23(2)18-10-6-7-11-19(18)25(3)20(23)13-24-21-17-9-5-4-8-15(17)12-16(14-26)22(21)27/h4-14H,1-3H3/b20-13-,24-21?. The molecule has 4 rings (SSSR count). The van der Waals surface area contributed by atoms with E-state index in [1.54, 1.807) is 12.3 Å². The van der Waals surface area contributed by atoms with E-state index in [0.717, 1.165) is 22.5 Å². The Labute approximate surface area is 158 Å². The second-order valence-electron chi connectivity index (χ2n) is 7.33. The molecule has 1 aliphatic carbocycles. The Balaban J connectivity index is 1.84. The predicted octanol–water partition coefficient (Wildman–Crippen LogP) is 3.91. The molecule has 2 aromatic carbocycles. The number of Topliss-reactive ketones (excluding diaryl/α,β-unsaturated/α-hetero) is 1. The van der Waals surface area contributed by atoms with Crippen LogP contribution in [0.2, 0.25) is 0 Å². The van der Waals surface area contributed by atoms with E-state index in [0.29, 0.717) is 12.0 Å². The fraction of sp³-hybridized carbons (Fsp3) is 0.174. The average molecular weight is 356 g/mol. The smallest absolute Gasteiger partial charge is 0.215 e. The number of benzene rings is 2. The van der Waals surface area contributed by atoms with E-state index in [2.05, 4.69) is 35.9 Å². The summed E-state index contributed by atoms with van der Waals surface area (Å²) in [6, 6.07) is 15.8. The van der Waals surface area contributed by atoms with Gasteiger partial charge in [0.05, 0.1) is 5.57 Å². The van der Waals surface area contributed by atoms with Crippen LogP contribution >= 0.6 is 0 Å². The van der Waals surface area contributed by atoms with Crippen LogP contribution in [0.3, 0.4) is 0 Å². The number of nitrogens with zero attached hydrogens (tertiary/aromatic N) is 2. The van der Waals surface area contributed by atoms with Crippen molar-refractivity contribution in [1.29, 1.82) is 0 Å². The molecule has 0 bridgehead atoms. The summed E-state index contributed by atoms with van der Waals surface area (Å²) >= 11 is 0. The van der Waals surface area contributed by atoms with E-state index in [1.165, 1.54) is 5.56 Å². The highest BCUT2D eigenvalue weighted by molar-refractivity contribution is 6.57. The molecule has 27 heavy (non-hydrogen) atoms. The summed E-state index contributed by atoms with van der Waals surface area (Å²) in [5, 5.41) is 0. The normalized spacial score (nSPS) is 20.5. The van der Waals surface area contributed by atoms with Crippen molar-refractivity contribution in [2.24, 2.45) is 4.99 Å². The van der Waals surface area contributed by atoms with Crippen LogP contribution in [0.5, 0.6) is 0 Å². The maximum Gasteiger partial charge on any atom is 0.215 e. The van der Waals surface area contributed by atoms with E-state index in [4.69, 9.17) is 0 Å². The monoisotopic (exact) mass is 356 g/mol. The fourth-order valence-corrected chi connectivity index (χ4v) is 3.90. The molecule has 4 nitrogen and oxygen atoms in total. The molecule has 0 saturated heterocycles. The molecule has 0 atom stereocenters. The van der Waals surface area contributed by atoms with Crippen LogP contribution in [0.25, 0.3) is 6.08 Å². The van der Waals surface area contributed by atoms with Gasteiger partial charge in [-0.3, -0.25) is 14.6 Å². The third kappa shape index (κ3) is 2.56. The number of carbonyl (C=O) groups is 2. The van der Waals surface area contributed by atoms with Crippen molar-refractivity contribution in [3.8, 4) is 0 Å². The van der Waals surface area contributed by atoms with Crippen LogP contribution in [0.4, 0.5) is 5.69 Å². The quantitative estimate of drug-likeness (QED) is 0.605. The molecule has 0 radical (unpaired) electrons. The molecule has 0 N–H and O–H groups in total. The minimum Gasteiger partial charge on any atom is -0.346 e. The van der Waals surface area contributed by atoms with Gasteiger partial charge in [-0.1, -0.05) is 56.3 Å². The largest absolute Gasteiger partial charge is 0.346 e. The summed E-state index contributed by atoms with van der Waals surface area (Å²) in [6.07, 6.45) is 3.98. The lowest BCUT2D eigenvalue weighted by Crippen LogP contribution is -2.25. The van der Waals surface area contributed by atoms with Crippen molar-refractivity contribution in [3.63, 3.8) is 0 Å². The van der Waals surface area contributed by atoms with E-state index in [9.17, 15) is 9.59 Å². The first kappa shape index (κ1) is 17.2. The van der Waals surface area contributed by atoms with Gasteiger partial charge in [0, 0.05) is 35.6 Å². The van der Waals surface area contributed by atoms with Gasteiger partial charge in [0.25, 0.3) is 0 Å². The number of carbonyl (C=O) groups excluding carboxylic acids is 2. The van der Waals surface area contributed by atoms with Crippen molar-refractivity contribution in [2.45, 2.75) is 19.3 Å². The number of hydrogen-bond acceptors (Lipinski definition) is 4. The average Bonchev–Trinajstić information content (AvgIpc) is 2.87. The number of hydrogen-bond donors (Lipinski definition) is 0. The summed E-state index contributed by atoms with van der Waals surface area (Å²) in [6.45, 7) is 4.30. The SMILES string of the molecule is CN1/C(=C\N=C2C(=O)C(C=O)=Cc3ccccc32)C(C)(C)c2ccccc21. The lowest BCUT2D eigenvalue weighted by atomic mass is 9.84. The number of fused-ring (bicyclic) bond motifs is 2. The van der Waals surface area contributed by atoms with Crippen LogP contribution in [0.1, 0.15) is 30.5 Å². The van der Waals surface area contributed by atoms with Gasteiger partial charge in [-0.05, 0) is 23.3 Å². The molecule has 0 aromatic heterocycles. The molecule has 2 aliphatic rings. The van der Waals surface area contributed by atoms with Gasteiger partial charge >= 0.3 is 0 Å². The first-order valence-corrected chi connectivity index (χ1v) is 8.88. The highest BCUT2D eigenvalue weighted by atomic mass is 16.1. The zero-order valence-corrected chi connectivity index (χ0v) is 15.6. The van der Waals surface area contributed by atoms with Crippen molar-refractivity contribution in [3.05, 3.63) is 82.7 Å². The zero-order valence-electron chi connectivity index (χ0n) is 15.6. The van der Waals surface area contributed by atoms with E-state index < -0.39 is 0 Å². The van der Waals surface area contributed by atoms with Gasteiger partial charge < -0.3 is 4.90 Å². The first-order chi connectivity index (χ1) is 12.9. The molecule has 4 heteroatoms. The van der Waals surface area contributed by atoms with Gasteiger partial charge in [-0.2, -0.15) is 0 Å². The van der Waals surface area contributed by atoms with Gasteiger partial charge in [-0.25, -0.2) is 0 Å². The number of allylic oxidation sites excluding steroid dienone is 2. The Bertz CT molecular complexity index is 1060. The Morgan fingerprint density at radius 3 is 2.48 bits per heavy atom. The van der Waals surface area contributed by atoms with Gasteiger partial charge in [0.15, 0.2) is 6.29 Å². The molecule has 0 spiro atoms. The maximum absolute atomic E-state index is 12.7. The number of aldehydes is 1. The van der Waals surface area contributed by atoms with Crippen molar-refractivity contribution in [1.82, 2.24) is 0 Å². The Hall–Kier alpha value is -3.27. The molecule has 0 saturated carbocycles. The molecule has 1 aliphatic heterocycles. The highest BCUT2D eigenvalue weighted by Crippen LogP contribution is 2.46. The van der Waals surface area contributed by atoms with E-state index >= 15 is 0 Å². The molecular weight excluding hydrogens is 336 g/mol. The summed E-state index contributed by atoms with van der Waals surface area (Å²) in [5.74, 6) is -0.337. The van der Waals surface area contributed by atoms with Gasteiger partial charge in [-0.15, -0.1) is 0 Å². The molecule has 0 unspecified atom stereocenters. The molecule has 134 valence electrons. The van der Waals surface area contributed by atoms with Crippen LogP contribution < -0.4 is 4.90 Å². The second kappa shape index (κ2) is 6.16. The van der Waals surface area contributed by atoms with Gasteiger partial charge in [0.2, 0.25) is 5.78 Å². The summed E-state index contributed by atoms with van der Waals surface area (Å²) in [7, 11) is 2.01. The predicted molar refractivity (Wildman–Crippen MR) is 108 cm³/mol. The minimum absolute atomic E-state index is 0.133. The number of rotatable bonds is 2. The number of aliphatic imine (C=N–C) groups is 1. The summed E-state index contributed by atoms with van der Waals surface area (Å²) in [4.78, 5) is 30.7. The number of likely N-dealkylation sites (N-methyl/N-ethyl adjacent to an activating group) is 1. The maximum atomic E-state index is 12.7. The molecule has 2 aromatic rings. The van der Waals surface area contributed by atoms with Crippen LogP contribution in [-0.4, -0.2) is 24.8 Å². The summed E-state index contributed by atoms with van der Waals surface area (Å²) in [5.41, 5.74) is 5.16. The van der Waals surface area contributed by atoms with Crippen molar-refractivity contribution >= 4 is 29.5 Å². The molecule has 1 heterocycles. The minimum atomic E-state index is -0.337. The summed E-state index contributed by atoms with van der Waals surface area (Å²) < 4.78 is 0. The third-order valence-corrected chi connectivity index (χ3v) is 5.39. The van der Waals surface area contributed by atoms with Crippen LogP contribution in [-0.2, 0) is 15.0 Å². The van der Waals surface area contributed by atoms with E-state index in [-0.39, 0.29) is 16.8 Å². The number of para-hydroxylation sites is 1. The molecular formula is C23H20N2O2. The Morgan fingerprint density at radius 1 is 1.04 bits per heavy atom. The van der Waals surface area contributed by atoms with Crippen molar-refractivity contribution in [2.75, 3.05) is 11.9 Å². The first-order valence-electron chi connectivity index (χ1n) is 8.88. The Morgan fingerprint density at radius 2 is 1.74 bits per heavy atom. The number of ketones is 1. The van der Waals surface area contributed by atoms with Crippen LogP contribution in [0, 0.1) is 0 Å².